The molecule has 9 N–H and O–H groups in total. The Labute approximate surface area is 199 Å². The first-order valence-electron chi connectivity index (χ1n) is 10.6. The van der Waals surface area contributed by atoms with E-state index in [9.17, 15) is 33.9 Å². The number of hydrogen-bond acceptors (Lipinski definition) is 8. The molecule has 0 saturated carbocycles. The molecule has 4 atom stereocenters. The first kappa shape index (κ1) is 29.0. The van der Waals surface area contributed by atoms with Gasteiger partial charge in [0.15, 0.2) is 0 Å². The maximum atomic E-state index is 12.9. The standard InChI is InChI=1S/C20H30N6O9/c1-9(2)3-12(18(32)26-14(20(34)35)4-10-7-22-8-23-10)25-19(33)13(6-16(29)30)24-17(31)11(21)5-15(27)28/h7-9,11-14H,3-6,21H2,1-2H3,(H,22,23)(H,24,31)(H,25,33)(H,26,32)(H,27,28)(H,29,30)(H,34,35). The lowest BCUT2D eigenvalue weighted by atomic mass is 10.0. The van der Waals surface area contributed by atoms with Crippen LogP contribution in [-0.2, 0) is 35.2 Å². The molecule has 0 radical (unpaired) electrons. The first-order valence-corrected chi connectivity index (χ1v) is 10.6. The lowest BCUT2D eigenvalue weighted by Crippen LogP contribution is -2.58. The minimum atomic E-state index is -1.66. The second kappa shape index (κ2) is 13.6. The lowest BCUT2D eigenvalue weighted by molar-refractivity contribution is -0.143. The number of carboxylic acids is 3. The molecule has 4 unspecified atom stereocenters. The second-order valence-electron chi connectivity index (χ2n) is 8.23. The van der Waals surface area contributed by atoms with E-state index in [1.807, 2.05) is 0 Å². The van der Waals surface area contributed by atoms with Crippen molar-refractivity contribution in [1.29, 1.82) is 0 Å². The van der Waals surface area contributed by atoms with E-state index in [1.54, 1.807) is 13.8 Å². The van der Waals surface area contributed by atoms with E-state index < -0.39 is 72.6 Å². The number of H-pyrrole nitrogens is 1. The van der Waals surface area contributed by atoms with Gasteiger partial charge >= 0.3 is 17.9 Å². The predicted octanol–water partition coefficient (Wildman–Crippen LogP) is -2.19. The molecule has 0 aromatic carbocycles. The minimum Gasteiger partial charge on any atom is -0.481 e. The van der Waals surface area contributed by atoms with E-state index in [0.717, 1.165) is 0 Å². The van der Waals surface area contributed by atoms with Gasteiger partial charge < -0.3 is 42.0 Å². The Kier molecular flexibility index (Phi) is 11.3. The largest absolute Gasteiger partial charge is 0.481 e. The Bertz CT molecular complexity index is 918. The highest BCUT2D eigenvalue weighted by Crippen LogP contribution is 2.08. The number of imidazole rings is 1. The third-order valence-corrected chi connectivity index (χ3v) is 4.68. The number of nitrogens with one attached hydrogen (secondary N) is 4. The van der Waals surface area contributed by atoms with Crippen LogP contribution in [-0.4, -0.2) is 85.1 Å². The number of hydrogen-bond donors (Lipinski definition) is 8. The van der Waals surface area contributed by atoms with Crippen molar-refractivity contribution in [1.82, 2.24) is 25.9 Å². The highest BCUT2D eigenvalue weighted by molar-refractivity contribution is 5.96. The van der Waals surface area contributed by atoms with Gasteiger partial charge in [-0.05, 0) is 12.3 Å². The Morgan fingerprint density at radius 2 is 1.43 bits per heavy atom. The summed E-state index contributed by atoms with van der Waals surface area (Å²) >= 11 is 0. The summed E-state index contributed by atoms with van der Waals surface area (Å²) in [5.41, 5.74) is 5.90. The molecule has 35 heavy (non-hydrogen) atoms. The Balaban J connectivity index is 2.99. The summed E-state index contributed by atoms with van der Waals surface area (Å²) in [4.78, 5) is 77.8. The molecule has 194 valence electrons. The molecule has 3 amide bonds. The molecular formula is C20H30N6O9. The van der Waals surface area contributed by atoms with Gasteiger partial charge in [0.2, 0.25) is 17.7 Å². The molecule has 0 bridgehead atoms. The topological polar surface area (TPSA) is 254 Å². The Morgan fingerprint density at radius 1 is 0.886 bits per heavy atom. The second-order valence-corrected chi connectivity index (χ2v) is 8.23. The molecule has 0 aliphatic rings. The van der Waals surface area contributed by atoms with Crippen molar-refractivity contribution in [3.05, 3.63) is 18.2 Å². The SMILES string of the molecule is CC(C)CC(NC(=O)C(CC(=O)O)NC(=O)C(N)CC(=O)O)C(=O)NC(Cc1cnc[nH]1)C(=O)O. The van der Waals surface area contributed by atoms with Gasteiger partial charge in [0, 0.05) is 18.3 Å². The van der Waals surface area contributed by atoms with E-state index >= 15 is 0 Å². The molecule has 0 aliphatic carbocycles. The average molecular weight is 498 g/mol. The summed E-state index contributed by atoms with van der Waals surface area (Å²) in [6.45, 7) is 3.49. The van der Waals surface area contributed by atoms with Gasteiger partial charge in [0.1, 0.15) is 18.1 Å². The summed E-state index contributed by atoms with van der Waals surface area (Å²) in [5, 5.41) is 34.1. The Morgan fingerprint density at radius 3 is 1.91 bits per heavy atom. The number of rotatable bonds is 15. The van der Waals surface area contributed by atoms with Crippen LogP contribution in [0.5, 0.6) is 0 Å². The number of nitrogens with zero attached hydrogens (tertiary/aromatic N) is 1. The third-order valence-electron chi connectivity index (χ3n) is 4.68. The van der Waals surface area contributed by atoms with Gasteiger partial charge in [-0.15, -0.1) is 0 Å². The molecule has 0 spiro atoms. The predicted molar refractivity (Wildman–Crippen MR) is 118 cm³/mol. The van der Waals surface area contributed by atoms with Crippen LogP contribution in [0.25, 0.3) is 0 Å². The van der Waals surface area contributed by atoms with Crippen LogP contribution in [0.1, 0.15) is 38.8 Å². The zero-order valence-corrected chi connectivity index (χ0v) is 19.2. The van der Waals surface area contributed by atoms with Gasteiger partial charge in [0.05, 0.1) is 25.2 Å². The van der Waals surface area contributed by atoms with Crippen LogP contribution < -0.4 is 21.7 Å². The molecule has 1 aromatic rings. The fourth-order valence-electron chi connectivity index (χ4n) is 3.01. The highest BCUT2D eigenvalue weighted by Gasteiger charge is 2.32. The summed E-state index contributed by atoms with van der Waals surface area (Å²) in [7, 11) is 0. The Hall–Kier alpha value is -4.01. The average Bonchev–Trinajstić information content (AvgIpc) is 3.24. The number of amides is 3. The zero-order chi connectivity index (χ0) is 26.7. The molecule has 0 fully saturated rings. The summed E-state index contributed by atoms with van der Waals surface area (Å²) in [5.74, 6) is -7.23. The van der Waals surface area contributed by atoms with Gasteiger partial charge in [-0.25, -0.2) is 9.78 Å². The van der Waals surface area contributed by atoms with Crippen molar-refractivity contribution >= 4 is 35.6 Å². The number of aliphatic carboxylic acids is 3. The maximum Gasteiger partial charge on any atom is 0.326 e. The van der Waals surface area contributed by atoms with Crippen molar-refractivity contribution in [2.45, 2.75) is 63.7 Å². The van der Waals surface area contributed by atoms with Crippen LogP contribution in [0.3, 0.4) is 0 Å². The van der Waals surface area contributed by atoms with Crippen LogP contribution in [0.4, 0.5) is 0 Å². The minimum absolute atomic E-state index is 0.0697. The van der Waals surface area contributed by atoms with Crippen molar-refractivity contribution in [3.63, 3.8) is 0 Å². The van der Waals surface area contributed by atoms with Gasteiger partial charge in [-0.1, -0.05) is 13.8 Å². The molecular weight excluding hydrogens is 468 g/mol. The zero-order valence-electron chi connectivity index (χ0n) is 19.2. The summed E-state index contributed by atoms with van der Waals surface area (Å²) in [6.07, 6.45) is 1.08. The molecule has 1 aromatic heterocycles. The fourth-order valence-corrected chi connectivity index (χ4v) is 3.01. The van der Waals surface area contributed by atoms with Crippen LogP contribution in [0.2, 0.25) is 0 Å². The smallest absolute Gasteiger partial charge is 0.326 e. The lowest BCUT2D eigenvalue weighted by Gasteiger charge is -2.25. The first-order chi connectivity index (χ1) is 16.3. The number of carboxylic acid groups (broad SMARTS) is 3. The molecule has 15 nitrogen and oxygen atoms in total. The third kappa shape index (κ3) is 10.6. The van der Waals surface area contributed by atoms with Gasteiger partial charge in [-0.3, -0.25) is 24.0 Å². The quantitative estimate of drug-likeness (QED) is 0.129. The van der Waals surface area contributed by atoms with E-state index in [1.165, 1.54) is 12.5 Å². The molecule has 0 aliphatic heterocycles. The number of carbonyl (C=O) groups is 6. The summed E-state index contributed by atoms with van der Waals surface area (Å²) < 4.78 is 0. The monoisotopic (exact) mass is 498 g/mol. The highest BCUT2D eigenvalue weighted by atomic mass is 16.4. The van der Waals surface area contributed by atoms with Crippen molar-refractivity contribution in [2.24, 2.45) is 11.7 Å². The number of nitrogens with two attached hydrogens (primary N) is 1. The summed E-state index contributed by atoms with van der Waals surface area (Å²) in [6, 6.07) is -5.81. The van der Waals surface area contributed by atoms with Crippen LogP contribution in [0.15, 0.2) is 12.5 Å². The van der Waals surface area contributed by atoms with Gasteiger partial charge in [-0.2, -0.15) is 0 Å². The van der Waals surface area contributed by atoms with E-state index in [4.69, 9.17) is 15.9 Å². The number of aromatic nitrogens is 2. The molecule has 1 heterocycles. The van der Waals surface area contributed by atoms with Crippen molar-refractivity contribution in [3.8, 4) is 0 Å². The van der Waals surface area contributed by atoms with Crippen LogP contribution >= 0.6 is 0 Å². The molecule has 1 rings (SSSR count). The normalized spacial score (nSPS) is 14.3. The van der Waals surface area contributed by atoms with E-state index in [-0.39, 0.29) is 18.8 Å². The van der Waals surface area contributed by atoms with Crippen molar-refractivity contribution in [2.75, 3.05) is 0 Å². The van der Waals surface area contributed by atoms with Crippen molar-refractivity contribution < 1.29 is 44.1 Å². The number of aromatic amines is 1. The molecule has 0 saturated heterocycles. The number of carbonyl (C=O) groups excluding carboxylic acids is 3. The van der Waals surface area contributed by atoms with Crippen LogP contribution in [0, 0.1) is 5.92 Å². The fraction of sp³-hybridized carbons (Fsp3) is 0.550. The van der Waals surface area contributed by atoms with E-state index in [2.05, 4.69) is 25.9 Å². The van der Waals surface area contributed by atoms with Gasteiger partial charge in [0.25, 0.3) is 0 Å². The maximum absolute atomic E-state index is 12.9. The molecule has 15 heteroatoms. The van der Waals surface area contributed by atoms with E-state index in [0.29, 0.717) is 5.69 Å².